The monoisotopic (exact) mass is 398 g/mol. The lowest BCUT2D eigenvalue weighted by Crippen LogP contribution is -2.25. The Labute approximate surface area is 163 Å². The third kappa shape index (κ3) is 3.56. The number of benzene rings is 1. The van der Waals surface area contributed by atoms with Crippen molar-refractivity contribution in [3.05, 3.63) is 65.4 Å². The van der Waals surface area contributed by atoms with E-state index in [2.05, 4.69) is 25.7 Å². The molecule has 1 N–H and O–H groups in total. The van der Waals surface area contributed by atoms with E-state index in [9.17, 15) is 13.6 Å². The summed E-state index contributed by atoms with van der Waals surface area (Å²) in [5.74, 6) is -0.873. The minimum absolute atomic E-state index is 0.0412. The number of hydrogen-bond acceptors (Lipinski definition) is 6. The van der Waals surface area contributed by atoms with Gasteiger partial charge in [0, 0.05) is 12.1 Å². The molecule has 10 heteroatoms. The van der Waals surface area contributed by atoms with Gasteiger partial charge in [0.25, 0.3) is 11.8 Å². The molecule has 4 aromatic rings. The third-order valence-corrected chi connectivity index (χ3v) is 4.27. The molecule has 0 bridgehead atoms. The summed E-state index contributed by atoms with van der Waals surface area (Å²) in [7, 11) is 0. The van der Waals surface area contributed by atoms with Crippen LogP contribution in [0.4, 0.5) is 8.78 Å². The normalized spacial score (nSPS) is 11.3. The van der Waals surface area contributed by atoms with Gasteiger partial charge in [-0.05, 0) is 30.3 Å². The highest BCUT2D eigenvalue weighted by Gasteiger charge is 2.18. The van der Waals surface area contributed by atoms with E-state index in [1.54, 1.807) is 22.7 Å². The van der Waals surface area contributed by atoms with Crippen molar-refractivity contribution < 1.29 is 18.1 Å². The summed E-state index contributed by atoms with van der Waals surface area (Å²) < 4.78 is 34.0. The van der Waals surface area contributed by atoms with E-state index in [4.69, 9.17) is 4.52 Å². The Bertz CT molecular complexity index is 1200. The molecule has 0 unspecified atom stereocenters. The molecule has 1 amide bonds. The minimum Gasteiger partial charge on any atom is -0.345 e. The zero-order chi connectivity index (χ0) is 20.5. The molecule has 29 heavy (non-hydrogen) atoms. The van der Waals surface area contributed by atoms with E-state index in [1.165, 1.54) is 0 Å². The summed E-state index contributed by atoms with van der Waals surface area (Å²) in [4.78, 5) is 16.6. The number of nitrogens with zero attached hydrogens (tertiary/aromatic N) is 5. The molecule has 3 aromatic heterocycles. The fourth-order valence-corrected chi connectivity index (χ4v) is 2.76. The molecule has 148 valence electrons. The SMILES string of the molecule is CC(C)c1noc(-c2cccn3c(CNC(=O)c4cc(F)ccc4F)nnc23)n1. The number of aromatic nitrogens is 5. The van der Waals surface area contributed by atoms with Crippen molar-refractivity contribution in [2.24, 2.45) is 0 Å². The Morgan fingerprint density at radius 1 is 1.24 bits per heavy atom. The van der Waals surface area contributed by atoms with E-state index in [0.717, 1.165) is 18.2 Å². The highest BCUT2D eigenvalue weighted by molar-refractivity contribution is 5.94. The Morgan fingerprint density at radius 2 is 2.07 bits per heavy atom. The molecule has 0 fully saturated rings. The predicted octanol–water partition coefficient (Wildman–Crippen LogP) is 3.11. The number of fused-ring (bicyclic) bond motifs is 1. The maximum atomic E-state index is 13.8. The molecule has 0 saturated heterocycles. The number of carbonyl (C=O) groups excluding carboxylic acids is 1. The van der Waals surface area contributed by atoms with Crippen molar-refractivity contribution in [3.8, 4) is 11.5 Å². The molecule has 4 rings (SSSR count). The summed E-state index contributed by atoms with van der Waals surface area (Å²) in [6.07, 6.45) is 1.71. The van der Waals surface area contributed by atoms with Crippen LogP contribution in [-0.4, -0.2) is 30.6 Å². The number of amides is 1. The Balaban J connectivity index is 1.59. The molecular formula is C19H16F2N6O2. The number of pyridine rings is 1. The standard InChI is InChI=1S/C19H16F2N6O2/c1-10(2)16-23-19(29-26-16)12-4-3-7-27-15(24-25-17(12)27)9-22-18(28)13-8-11(20)5-6-14(13)21/h3-8,10H,9H2,1-2H3,(H,22,28). The van der Waals surface area contributed by atoms with Crippen LogP contribution in [0.15, 0.2) is 41.1 Å². The lowest BCUT2D eigenvalue weighted by molar-refractivity contribution is 0.0945. The fourth-order valence-electron chi connectivity index (χ4n) is 2.76. The van der Waals surface area contributed by atoms with Gasteiger partial charge < -0.3 is 9.84 Å². The second kappa shape index (κ2) is 7.38. The van der Waals surface area contributed by atoms with Crippen LogP contribution in [0.3, 0.4) is 0 Å². The summed E-state index contributed by atoms with van der Waals surface area (Å²) in [5.41, 5.74) is 0.673. The Kier molecular flexibility index (Phi) is 4.75. The molecule has 0 atom stereocenters. The summed E-state index contributed by atoms with van der Waals surface area (Å²) in [6.45, 7) is 3.86. The van der Waals surface area contributed by atoms with Gasteiger partial charge in [0.2, 0.25) is 0 Å². The van der Waals surface area contributed by atoms with Crippen molar-refractivity contribution in [1.29, 1.82) is 0 Å². The number of carbonyl (C=O) groups is 1. The smallest absolute Gasteiger partial charge is 0.261 e. The van der Waals surface area contributed by atoms with E-state index in [0.29, 0.717) is 28.8 Å². The quantitative estimate of drug-likeness (QED) is 0.555. The van der Waals surface area contributed by atoms with Crippen molar-refractivity contribution in [1.82, 2.24) is 30.1 Å². The maximum Gasteiger partial charge on any atom is 0.261 e. The molecule has 0 saturated carbocycles. The first kappa shape index (κ1) is 18.7. The van der Waals surface area contributed by atoms with Gasteiger partial charge in [0.05, 0.1) is 17.7 Å². The van der Waals surface area contributed by atoms with Crippen LogP contribution in [-0.2, 0) is 6.54 Å². The zero-order valence-electron chi connectivity index (χ0n) is 15.6. The fraction of sp³-hybridized carbons (Fsp3) is 0.211. The first-order chi connectivity index (χ1) is 13.9. The van der Waals surface area contributed by atoms with Crippen LogP contribution in [0.5, 0.6) is 0 Å². The van der Waals surface area contributed by atoms with Crippen molar-refractivity contribution in [2.75, 3.05) is 0 Å². The average Bonchev–Trinajstić information content (AvgIpc) is 3.35. The summed E-state index contributed by atoms with van der Waals surface area (Å²) >= 11 is 0. The third-order valence-electron chi connectivity index (χ3n) is 4.27. The van der Waals surface area contributed by atoms with Crippen molar-refractivity contribution in [2.45, 2.75) is 26.3 Å². The predicted molar refractivity (Wildman–Crippen MR) is 97.9 cm³/mol. The molecule has 0 aliphatic heterocycles. The van der Waals surface area contributed by atoms with Crippen LogP contribution in [0.2, 0.25) is 0 Å². The van der Waals surface area contributed by atoms with Gasteiger partial charge in [0.15, 0.2) is 17.3 Å². The first-order valence-electron chi connectivity index (χ1n) is 8.84. The largest absolute Gasteiger partial charge is 0.345 e. The van der Waals surface area contributed by atoms with Crippen LogP contribution in [0, 0.1) is 11.6 Å². The highest BCUT2D eigenvalue weighted by Crippen LogP contribution is 2.24. The molecule has 3 heterocycles. The number of nitrogens with one attached hydrogen (secondary N) is 1. The number of halogens is 2. The zero-order valence-corrected chi connectivity index (χ0v) is 15.6. The van der Waals surface area contributed by atoms with Crippen LogP contribution in [0.25, 0.3) is 17.1 Å². The van der Waals surface area contributed by atoms with Crippen LogP contribution < -0.4 is 5.32 Å². The Hall–Kier alpha value is -3.69. The second-order valence-electron chi connectivity index (χ2n) is 6.65. The van der Waals surface area contributed by atoms with E-state index in [-0.39, 0.29) is 18.0 Å². The van der Waals surface area contributed by atoms with E-state index in [1.807, 2.05) is 13.8 Å². The van der Waals surface area contributed by atoms with E-state index >= 15 is 0 Å². The van der Waals surface area contributed by atoms with Gasteiger partial charge in [-0.25, -0.2) is 8.78 Å². The van der Waals surface area contributed by atoms with Crippen LogP contribution in [0.1, 0.15) is 41.8 Å². The topological polar surface area (TPSA) is 98.2 Å². The average molecular weight is 398 g/mol. The lowest BCUT2D eigenvalue weighted by atomic mass is 10.2. The minimum atomic E-state index is -0.811. The van der Waals surface area contributed by atoms with E-state index < -0.39 is 17.5 Å². The van der Waals surface area contributed by atoms with Gasteiger partial charge >= 0.3 is 0 Å². The van der Waals surface area contributed by atoms with Crippen molar-refractivity contribution in [3.63, 3.8) is 0 Å². The van der Waals surface area contributed by atoms with Crippen molar-refractivity contribution >= 4 is 11.6 Å². The number of hydrogen-bond donors (Lipinski definition) is 1. The highest BCUT2D eigenvalue weighted by atomic mass is 19.1. The molecule has 0 aliphatic rings. The second-order valence-corrected chi connectivity index (χ2v) is 6.65. The lowest BCUT2D eigenvalue weighted by Gasteiger charge is -2.06. The summed E-state index contributed by atoms with van der Waals surface area (Å²) in [5, 5.41) is 14.7. The summed E-state index contributed by atoms with van der Waals surface area (Å²) in [6, 6.07) is 6.21. The maximum absolute atomic E-state index is 13.8. The van der Waals surface area contributed by atoms with Crippen LogP contribution >= 0.6 is 0 Å². The van der Waals surface area contributed by atoms with Gasteiger partial charge in [0.1, 0.15) is 11.6 Å². The molecule has 1 aromatic carbocycles. The Morgan fingerprint density at radius 3 is 2.83 bits per heavy atom. The van der Waals surface area contributed by atoms with Gasteiger partial charge in [-0.15, -0.1) is 10.2 Å². The molecular weight excluding hydrogens is 382 g/mol. The van der Waals surface area contributed by atoms with Gasteiger partial charge in [-0.1, -0.05) is 19.0 Å². The van der Waals surface area contributed by atoms with Gasteiger partial charge in [-0.2, -0.15) is 4.98 Å². The molecule has 8 nitrogen and oxygen atoms in total. The van der Waals surface area contributed by atoms with Gasteiger partial charge in [-0.3, -0.25) is 9.20 Å². The molecule has 0 spiro atoms. The first-order valence-corrected chi connectivity index (χ1v) is 8.84. The molecule has 0 aliphatic carbocycles. The molecule has 0 radical (unpaired) electrons. The number of rotatable bonds is 5.